The predicted octanol–water partition coefficient (Wildman–Crippen LogP) is 1.70. The molecule has 1 rings (SSSR count). The Labute approximate surface area is 58.1 Å². The highest BCUT2D eigenvalue weighted by molar-refractivity contribution is 7.80. The van der Waals surface area contributed by atoms with Gasteiger partial charge in [-0.05, 0) is 12.1 Å². The molecule has 0 atom stereocenters. The third-order valence-corrected chi connectivity index (χ3v) is 1.49. The van der Waals surface area contributed by atoms with Gasteiger partial charge < -0.3 is 5.73 Å². The molecule has 0 aliphatic rings. The lowest BCUT2D eigenvalue weighted by Gasteiger charge is -1.96. The number of thiol groups is 1. The molecule has 0 spiro atoms. The normalized spacial score (nSPS) is 9.56. The first-order valence-electron chi connectivity index (χ1n) is 2.45. The van der Waals surface area contributed by atoms with Gasteiger partial charge in [0.2, 0.25) is 0 Å². The summed E-state index contributed by atoms with van der Waals surface area (Å²) in [5.41, 5.74) is 5.68. The van der Waals surface area contributed by atoms with E-state index in [1.54, 1.807) is 12.1 Å². The van der Waals surface area contributed by atoms with Gasteiger partial charge in [0.25, 0.3) is 0 Å². The van der Waals surface area contributed by atoms with Gasteiger partial charge in [0, 0.05) is 5.69 Å². The van der Waals surface area contributed by atoms with Crippen LogP contribution in [0.5, 0.6) is 0 Å². The van der Waals surface area contributed by atoms with E-state index in [0.717, 1.165) is 0 Å². The van der Waals surface area contributed by atoms with Crippen LogP contribution in [0.1, 0.15) is 0 Å². The van der Waals surface area contributed by atoms with Gasteiger partial charge in [0.15, 0.2) is 0 Å². The maximum absolute atomic E-state index is 12.4. The fourth-order valence-electron chi connectivity index (χ4n) is 0.532. The summed E-state index contributed by atoms with van der Waals surface area (Å²) in [4.78, 5) is 0.220. The van der Waals surface area contributed by atoms with Crippen LogP contribution in [0.15, 0.2) is 23.1 Å². The first-order valence-corrected chi connectivity index (χ1v) is 2.89. The molecule has 2 N–H and O–H groups in total. The highest BCUT2D eigenvalue weighted by Gasteiger charge is 1.97. The molecule has 9 heavy (non-hydrogen) atoms. The van der Waals surface area contributed by atoms with Crippen LogP contribution >= 0.6 is 12.6 Å². The van der Waals surface area contributed by atoms with Gasteiger partial charge in [-0.1, -0.05) is 6.07 Å². The van der Waals surface area contributed by atoms with E-state index < -0.39 is 0 Å². The van der Waals surface area contributed by atoms with Crippen molar-refractivity contribution in [1.29, 1.82) is 0 Å². The summed E-state index contributed by atoms with van der Waals surface area (Å²) >= 11 is 3.81. The van der Waals surface area contributed by atoms with Crippen molar-refractivity contribution in [2.24, 2.45) is 0 Å². The van der Waals surface area contributed by atoms with Gasteiger partial charge in [0.05, 0.1) is 4.90 Å². The molecular weight excluding hydrogens is 137 g/mol. The lowest BCUT2D eigenvalue weighted by molar-refractivity contribution is 0.604. The molecule has 1 nitrogen and oxygen atoms in total. The second kappa shape index (κ2) is 2.27. The van der Waals surface area contributed by atoms with E-state index in [1.807, 2.05) is 0 Å². The van der Waals surface area contributed by atoms with Crippen LogP contribution in [0.4, 0.5) is 10.1 Å². The van der Waals surface area contributed by atoms with Gasteiger partial charge in [-0.15, -0.1) is 12.6 Å². The molecule has 1 aromatic carbocycles. The molecule has 0 aliphatic carbocycles. The Bertz CT molecular complexity index is 204. The third-order valence-electron chi connectivity index (χ3n) is 1.02. The van der Waals surface area contributed by atoms with Crippen molar-refractivity contribution in [2.45, 2.75) is 4.90 Å². The van der Waals surface area contributed by atoms with Crippen molar-refractivity contribution in [1.82, 2.24) is 0 Å². The molecule has 0 fully saturated rings. The van der Waals surface area contributed by atoms with E-state index in [-0.39, 0.29) is 10.7 Å². The Kier molecular flexibility index (Phi) is 1.62. The zero-order chi connectivity index (χ0) is 6.85. The number of nitrogen functional groups attached to an aromatic ring is 1. The minimum Gasteiger partial charge on any atom is -0.398 e. The van der Waals surface area contributed by atoms with E-state index in [9.17, 15) is 4.39 Å². The van der Waals surface area contributed by atoms with Crippen molar-refractivity contribution >= 4 is 18.3 Å². The number of hydrogen-bond donors (Lipinski definition) is 2. The van der Waals surface area contributed by atoms with Gasteiger partial charge in [-0.25, -0.2) is 4.39 Å². The topological polar surface area (TPSA) is 26.0 Å². The number of rotatable bonds is 0. The van der Waals surface area contributed by atoms with Crippen molar-refractivity contribution < 1.29 is 4.39 Å². The van der Waals surface area contributed by atoms with Crippen LogP contribution in [0.3, 0.4) is 0 Å². The van der Waals surface area contributed by atoms with Crippen LogP contribution in [0.25, 0.3) is 0 Å². The summed E-state index contributed by atoms with van der Waals surface area (Å²) in [6, 6.07) is 4.47. The molecule has 48 valence electrons. The van der Waals surface area contributed by atoms with Crippen LogP contribution in [-0.4, -0.2) is 0 Å². The monoisotopic (exact) mass is 143 g/mol. The van der Waals surface area contributed by atoms with Crippen molar-refractivity contribution in [2.75, 3.05) is 5.73 Å². The van der Waals surface area contributed by atoms with Crippen molar-refractivity contribution in [3.63, 3.8) is 0 Å². The summed E-state index contributed by atoms with van der Waals surface area (Å²) in [5.74, 6) is -0.377. The smallest absolute Gasteiger partial charge is 0.138 e. The molecule has 0 amide bonds. The van der Waals surface area contributed by atoms with E-state index in [4.69, 9.17) is 5.73 Å². The predicted molar refractivity (Wildman–Crippen MR) is 38.1 cm³/mol. The fraction of sp³-hybridized carbons (Fsp3) is 0. The van der Waals surface area contributed by atoms with Crippen molar-refractivity contribution in [3.8, 4) is 0 Å². The molecule has 0 bridgehead atoms. The minimum atomic E-state index is -0.377. The first-order chi connectivity index (χ1) is 4.22. The van der Waals surface area contributed by atoms with Gasteiger partial charge in [-0.2, -0.15) is 0 Å². The van der Waals surface area contributed by atoms with E-state index in [1.165, 1.54) is 6.07 Å². The van der Waals surface area contributed by atoms with Gasteiger partial charge in [-0.3, -0.25) is 0 Å². The molecule has 0 aliphatic heterocycles. The minimum absolute atomic E-state index is 0.220. The SMILES string of the molecule is Nc1cccc(F)c1S. The van der Waals surface area contributed by atoms with Gasteiger partial charge in [0.1, 0.15) is 5.82 Å². The number of halogens is 1. The zero-order valence-electron chi connectivity index (χ0n) is 4.63. The summed E-state index contributed by atoms with van der Waals surface area (Å²) in [6.45, 7) is 0. The summed E-state index contributed by atoms with van der Waals surface area (Å²) < 4.78 is 12.4. The molecule has 0 radical (unpaired) electrons. The second-order valence-electron chi connectivity index (χ2n) is 1.68. The Morgan fingerprint density at radius 3 is 2.56 bits per heavy atom. The Morgan fingerprint density at radius 1 is 1.44 bits per heavy atom. The lowest BCUT2D eigenvalue weighted by atomic mass is 10.3. The number of anilines is 1. The fourth-order valence-corrected chi connectivity index (χ4v) is 0.681. The molecule has 0 heterocycles. The maximum atomic E-state index is 12.4. The van der Waals surface area contributed by atoms with E-state index in [0.29, 0.717) is 5.69 Å². The van der Waals surface area contributed by atoms with Crippen LogP contribution in [0, 0.1) is 5.82 Å². The maximum Gasteiger partial charge on any atom is 0.138 e. The molecular formula is C6H6FNS. The van der Waals surface area contributed by atoms with E-state index in [2.05, 4.69) is 12.6 Å². The highest BCUT2D eigenvalue weighted by Crippen LogP contribution is 2.18. The largest absolute Gasteiger partial charge is 0.398 e. The first kappa shape index (κ1) is 6.42. The van der Waals surface area contributed by atoms with Crippen molar-refractivity contribution in [3.05, 3.63) is 24.0 Å². The number of benzene rings is 1. The molecule has 0 saturated carbocycles. The quantitative estimate of drug-likeness (QED) is 0.419. The standard InChI is InChI=1S/C6H6FNS/c7-4-2-1-3-5(8)6(4)9/h1-3,9H,8H2. The second-order valence-corrected chi connectivity index (χ2v) is 2.12. The zero-order valence-corrected chi connectivity index (χ0v) is 5.53. The number of hydrogen-bond acceptors (Lipinski definition) is 2. The molecule has 3 heteroatoms. The summed E-state index contributed by atoms with van der Waals surface area (Å²) in [5, 5.41) is 0. The molecule has 0 unspecified atom stereocenters. The van der Waals surface area contributed by atoms with Crippen LogP contribution in [0.2, 0.25) is 0 Å². The average molecular weight is 143 g/mol. The average Bonchev–Trinajstić information content (AvgIpc) is 1.83. The van der Waals surface area contributed by atoms with Gasteiger partial charge >= 0.3 is 0 Å². The lowest BCUT2D eigenvalue weighted by Crippen LogP contribution is -1.88. The van der Waals surface area contributed by atoms with Crippen LogP contribution in [-0.2, 0) is 0 Å². The summed E-state index contributed by atoms with van der Waals surface area (Å²) in [6.07, 6.45) is 0. The third kappa shape index (κ3) is 1.16. The highest BCUT2D eigenvalue weighted by atomic mass is 32.1. The van der Waals surface area contributed by atoms with E-state index >= 15 is 0 Å². The van der Waals surface area contributed by atoms with Crippen LogP contribution < -0.4 is 5.73 Å². The Balaban J connectivity index is 3.25. The summed E-state index contributed by atoms with van der Waals surface area (Å²) in [7, 11) is 0. The Morgan fingerprint density at radius 2 is 2.11 bits per heavy atom. The number of nitrogens with two attached hydrogens (primary N) is 1. The molecule has 1 aromatic rings. The molecule has 0 saturated heterocycles. The molecule has 0 aromatic heterocycles. The Hall–Kier alpha value is -0.700.